The van der Waals surface area contributed by atoms with Crippen LogP contribution in [-0.2, 0) is 14.4 Å². The van der Waals surface area contributed by atoms with Crippen LogP contribution in [0.1, 0.15) is 52.9 Å². The Morgan fingerprint density at radius 3 is 2.30 bits per heavy atom. The fourth-order valence-corrected chi connectivity index (χ4v) is 2.60. The van der Waals surface area contributed by atoms with Crippen LogP contribution < -0.4 is 10.6 Å². The van der Waals surface area contributed by atoms with Gasteiger partial charge in [-0.1, -0.05) is 33.6 Å². The molecule has 1 aliphatic heterocycles. The van der Waals surface area contributed by atoms with Gasteiger partial charge in [0.25, 0.3) is 5.91 Å². The third kappa shape index (κ3) is 4.20. The maximum atomic E-state index is 12.4. The molecule has 0 spiro atoms. The molecule has 0 aromatic carbocycles. The van der Waals surface area contributed by atoms with Crippen molar-refractivity contribution in [2.75, 3.05) is 6.54 Å². The van der Waals surface area contributed by atoms with Crippen molar-refractivity contribution in [1.29, 1.82) is 0 Å². The molecule has 1 fully saturated rings. The molecular formula is C15H25N3O5. The Morgan fingerprint density at radius 2 is 1.87 bits per heavy atom. The van der Waals surface area contributed by atoms with Gasteiger partial charge in [-0.25, -0.2) is 9.59 Å². The van der Waals surface area contributed by atoms with Gasteiger partial charge in [0.05, 0.1) is 0 Å². The lowest BCUT2D eigenvalue weighted by molar-refractivity contribution is -0.142. The van der Waals surface area contributed by atoms with E-state index in [1.54, 1.807) is 13.8 Å². The average Bonchev–Trinajstić information content (AvgIpc) is 2.75. The van der Waals surface area contributed by atoms with Gasteiger partial charge in [0.15, 0.2) is 0 Å². The standard InChI is InChI=1S/C15H25N3O5/c1-4-7-8-10(12(20)21)16-11(19)9-18-13(22)15(5-2,6-3)17-14(18)23/h10H,4-9H2,1-3H3,(H,16,19)(H,17,23)(H,20,21). The molecule has 1 atom stereocenters. The van der Waals surface area contributed by atoms with Gasteiger partial charge < -0.3 is 15.7 Å². The molecule has 0 aromatic rings. The number of hydrogen-bond donors (Lipinski definition) is 3. The number of imide groups is 1. The molecule has 0 bridgehead atoms. The number of hydrogen-bond acceptors (Lipinski definition) is 4. The molecule has 1 aliphatic rings. The highest BCUT2D eigenvalue weighted by molar-refractivity contribution is 6.09. The first kappa shape index (κ1) is 18.9. The van der Waals surface area contributed by atoms with Crippen LogP contribution in [0.2, 0.25) is 0 Å². The fourth-order valence-electron chi connectivity index (χ4n) is 2.60. The number of carboxylic acid groups (broad SMARTS) is 1. The first-order valence-corrected chi connectivity index (χ1v) is 7.97. The molecule has 1 saturated heterocycles. The predicted octanol–water partition coefficient (Wildman–Crippen LogP) is 0.857. The summed E-state index contributed by atoms with van der Waals surface area (Å²) in [5.41, 5.74) is -0.966. The van der Waals surface area contributed by atoms with Gasteiger partial charge >= 0.3 is 12.0 Å². The Kier molecular flexibility index (Phi) is 6.53. The van der Waals surface area contributed by atoms with E-state index in [-0.39, 0.29) is 0 Å². The van der Waals surface area contributed by atoms with Crippen LogP contribution >= 0.6 is 0 Å². The second-order valence-electron chi connectivity index (χ2n) is 5.71. The van der Waals surface area contributed by atoms with Crippen LogP contribution in [0, 0.1) is 0 Å². The summed E-state index contributed by atoms with van der Waals surface area (Å²) in [6, 6.07) is -1.63. The average molecular weight is 327 g/mol. The van der Waals surface area contributed by atoms with Gasteiger partial charge in [-0.3, -0.25) is 14.5 Å². The molecule has 4 amide bonds. The lowest BCUT2D eigenvalue weighted by Gasteiger charge is -2.23. The molecule has 3 N–H and O–H groups in total. The van der Waals surface area contributed by atoms with Crippen LogP contribution in [0.15, 0.2) is 0 Å². The highest BCUT2D eigenvalue weighted by Gasteiger charge is 2.49. The summed E-state index contributed by atoms with van der Waals surface area (Å²) in [6.07, 6.45) is 2.64. The third-order valence-corrected chi connectivity index (χ3v) is 4.23. The minimum atomic E-state index is -1.12. The molecule has 8 nitrogen and oxygen atoms in total. The SMILES string of the molecule is CCCCC(NC(=O)CN1C(=O)NC(CC)(CC)C1=O)C(=O)O. The number of carboxylic acids is 1. The first-order chi connectivity index (χ1) is 10.8. The summed E-state index contributed by atoms with van der Waals surface area (Å²) in [4.78, 5) is 48.3. The Morgan fingerprint density at radius 1 is 1.26 bits per heavy atom. The van der Waals surface area contributed by atoms with Crippen LogP contribution in [0.3, 0.4) is 0 Å². The van der Waals surface area contributed by atoms with Crippen molar-refractivity contribution in [3.63, 3.8) is 0 Å². The minimum absolute atomic E-state index is 0.311. The lowest BCUT2D eigenvalue weighted by Crippen LogP contribution is -2.48. The second-order valence-corrected chi connectivity index (χ2v) is 5.71. The zero-order valence-corrected chi connectivity index (χ0v) is 13.8. The highest BCUT2D eigenvalue weighted by Crippen LogP contribution is 2.24. The Bertz CT molecular complexity index is 488. The number of urea groups is 1. The molecule has 1 unspecified atom stereocenters. The summed E-state index contributed by atoms with van der Waals surface area (Å²) in [5, 5.41) is 14.1. The molecule has 1 heterocycles. The van der Waals surface area contributed by atoms with E-state index in [1.165, 1.54) is 0 Å². The maximum absolute atomic E-state index is 12.4. The van der Waals surface area contributed by atoms with Gasteiger partial charge in [-0.05, 0) is 19.3 Å². The maximum Gasteiger partial charge on any atom is 0.326 e. The zero-order valence-electron chi connectivity index (χ0n) is 13.8. The number of carbonyl (C=O) groups excluding carboxylic acids is 3. The molecule has 0 saturated carbocycles. The van der Waals surface area contributed by atoms with Gasteiger partial charge in [0.1, 0.15) is 18.1 Å². The number of carbonyl (C=O) groups is 4. The van der Waals surface area contributed by atoms with Crippen molar-refractivity contribution in [3.05, 3.63) is 0 Å². The van der Waals surface area contributed by atoms with E-state index in [4.69, 9.17) is 5.11 Å². The van der Waals surface area contributed by atoms with Crippen molar-refractivity contribution < 1.29 is 24.3 Å². The number of nitrogens with one attached hydrogen (secondary N) is 2. The van der Waals surface area contributed by atoms with Gasteiger partial charge in [0, 0.05) is 0 Å². The van der Waals surface area contributed by atoms with Crippen molar-refractivity contribution in [1.82, 2.24) is 15.5 Å². The van der Waals surface area contributed by atoms with E-state index >= 15 is 0 Å². The van der Waals surface area contributed by atoms with Gasteiger partial charge in [-0.15, -0.1) is 0 Å². The molecule has 0 aliphatic carbocycles. The summed E-state index contributed by atoms with van der Waals surface area (Å²) < 4.78 is 0. The van der Waals surface area contributed by atoms with Gasteiger partial charge in [0.2, 0.25) is 5.91 Å². The highest BCUT2D eigenvalue weighted by atomic mass is 16.4. The molecule has 0 radical (unpaired) electrons. The molecule has 8 heteroatoms. The Balaban J connectivity index is 2.71. The molecular weight excluding hydrogens is 302 g/mol. The van der Waals surface area contributed by atoms with E-state index in [9.17, 15) is 19.2 Å². The summed E-state index contributed by atoms with van der Waals surface area (Å²) >= 11 is 0. The lowest BCUT2D eigenvalue weighted by atomic mass is 9.93. The first-order valence-electron chi connectivity index (χ1n) is 7.97. The van der Waals surface area contributed by atoms with Crippen LogP contribution in [0.4, 0.5) is 4.79 Å². The van der Waals surface area contributed by atoms with Crippen LogP contribution in [-0.4, -0.2) is 51.9 Å². The quantitative estimate of drug-likeness (QED) is 0.543. The van der Waals surface area contributed by atoms with E-state index in [1.807, 2.05) is 6.92 Å². The van der Waals surface area contributed by atoms with Crippen molar-refractivity contribution in [3.8, 4) is 0 Å². The normalized spacial score (nSPS) is 17.8. The minimum Gasteiger partial charge on any atom is -0.480 e. The monoisotopic (exact) mass is 327 g/mol. The molecule has 130 valence electrons. The summed E-state index contributed by atoms with van der Waals surface area (Å²) in [6.45, 7) is 5.03. The zero-order chi connectivity index (χ0) is 17.6. The largest absolute Gasteiger partial charge is 0.480 e. The number of rotatable bonds is 9. The van der Waals surface area contributed by atoms with Crippen molar-refractivity contribution >= 4 is 23.8 Å². The fraction of sp³-hybridized carbons (Fsp3) is 0.733. The third-order valence-electron chi connectivity index (χ3n) is 4.23. The molecule has 0 aromatic heterocycles. The van der Waals surface area contributed by atoms with Crippen LogP contribution in [0.5, 0.6) is 0 Å². The molecule has 1 rings (SSSR count). The Labute approximate surface area is 135 Å². The summed E-state index contributed by atoms with van der Waals surface area (Å²) in [7, 11) is 0. The van der Waals surface area contributed by atoms with E-state index in [2.05, 4.69) is 10.6 Å². The number of nitrogens with zero attached hydrogens (tertiary/aromatic N) is 1. The topological polar surface area (TPSA) is 116 Å². The predicted molar refractivity (Wildman–Crippen MR) is 82.6 cm³/mol. The van der Waals surface area contributed by atoms with Crippen LogP contribution in [0.25, 0.3) is 0 Å². The van der Waals surface area contributed by atoms with Gasteiger partial charge in [-0.2, -0.15) is 0 Å². The Hall–Kier alpha value is -2.12. The molecule has 23 heavy (non-hydrogen) atoms. The number of amides is 4. The van der Waals surface area contributed by atoms with E-state index in [0.717, 1.165) is 11.3 Å². The summed E-state index contributed by atoms with van der Waals surface area (Å²) in [5.74, 6) is -2.22. The van der Waals surface area contributed by atoms with Crippen molar-refractivity contribution in [2.24, 2.45) is 0 Å². The van der Waals surface area contributed by atoms with E-state index < -0.39 is 41.9 Å². The van der Waals surface area contributed by atoms with Crippen molar-refractivity contribution in [2.45, 2.75) is 64.5 Å². The second kappa shape index (κ2) is 7.94. The number of unbranched alkanes of at least 4 members (excludes halogenated alkanes) is 1. The number of aliphatic carboxylic acids is 1. The van der Waals surface area contributed by atoms with E-state index in [0.29, 0.717) is 25.7 Å². The smallest absolute Gasteiger partial charge is 0.326 e.